The highest BCUT2D eigenvalue weighted by atomic mass is 32.7. The summed E-state index contributed by atoms with van der Waals surface area (Å²) in [5.74, 6) is -0.510. The Morgan fingerprint density at radius 1 is 0.412 bits per heavy atom. The first-order valence-electron chi connectivity index (χ1n) is 39.7. The highest BCUT2D eigenvalue weighted by molar-refractivity contribution is 8.44. The first kappa shape index (κ1) is 97.0. The quantitative estimate of drug-likeness (QED) is 0.0809. The van der Waals surface area contributed by atoms with Crippen molar-refractivity contribution in [2.24, 2.45) is 0 Å². The maximum atomic E-state index is 16.1. The van der Waals surface area contributed by atoms with Crippen LogP contribution in [0, 0.1) is 0 Å². The van der Waals surface area contributed by atoms with Crippen molar-refractivity contribution < 1.29 is 126 Å². The number of alkyl halides is 2. The van der Waals surface area contributed by atoms with Crippen LogP contribution in [0.4, 0.5) is 43.7 Å². The van der Waals surface area contributed by atoms with Gasteiger partial charge in [0.25, 0.3) is 16.7 Å². The number of nitrogen functional groups attached to an aromatic ring is 6. The molecule has 0 amide bonds. The van der Waals surface area contributed by atoms with E-state index in [4.69, 9.17) is 167 Å². The highest BCUT2D eigenvalue weighted by Crippen LogP contribution is 2.64. The number of pyridine rings is 3. The van der Waals surface area contributed by atoms with Crippen molar-refractivity contribution in [2.75, 3.05) is 80.7 Å². The summed E-state index contributed by atoms with van der Waals surface area (Å²) < 4.78 is 147. The van der Waals surface area contributed by atoms with E-state index in [-0.39, 0.29) is 82.5 Å². The Balaban J connectivity index is 0.000000126. The van der Waals surface area contributed by atoms with Crippen molar-refractivity contribution in [3.63, 3.8) is 0 Å². The average molecular weight is 2180 g/mol. The second kappa shape index (κ2) is 36.7. The van der Waals surface area contributed by atoms with Crippen LogP contribution in [0.3, 0.4) is 0 Å². The number of aliphatic hydroxyl groups excluding tert-OH is 3. The van der Waals surface area contributed by atoms with Gasteiger partial charge in [0.05, 0.1) is 135 Å². The number of anilines is 6. The third-order valence-electron chi connectivity index (χ3n) is 22.9. The van der Waals surface area contributed by atoms with Crippen molar-refractivity contribution in [1.29, 1.82) is 0 Å². The zero-order valence-electron chi connectivity index (χ0n) is 68.1. The van der Waals surface area contributed by atoms with Gasteiger partial charge in [-0.3, -0.25) is 88.4 Å². The third kappa shape index (κ3) is 18.3. The predicted octanol–water partition coefficient (Wildman–Crippen LogP) is 0.822. The van der Waals surface area contributed by atoms with Crippen LogP contribution in [0.1, 0.15) is 34.8 Å². The molecule has 0 aromatic carbocycles. The number of thioether (sulfide) groups is 3. The molecule has 23 N–H and O–H groups in total. The molecule has 22 heterocycles. The minimum absolute atomic E-state index is 0.00601. The molecular formula is C64H73F2N27O28P6S9. The number of H-pyrrole nitrogens is 3. The van der Waals surface area contributed by atoms with Crippen molar-refractivity contribution >= 4 is 249 Å². The molecule has 10 saturated heterocycles. The van der Waals surface area contributed by atoms with Crippen molar-refractivity contribution in [3.8, 4) is 0 Å². The molecule has 10 aliphatic heterocycles. The van der Waals surface area contributed by atoms with E-state index in [1.165, 1.54) is 91.5 Å². The summed E-state index contributed by atoms with van der Waals surface area (Å²) in [7, 11) is 0. The summed E-state index contributed by atoms with van der Waals surface area (Å²) in [4.78, 5) is 150. The number of thiol groups is 1. The lowest BCUT2D eigenvalue weighted by Crippen LogP contribution is -2.45. The number of fused-ring (bicyclic) bond motifs is 14. The lowest BCUT2D eigenvalue weighted by molar-refractivity contribution is -0.183. The molecule has 72 heteroatoms. The van der Waals surface area contributed by atoms with E-state index in [1.807, 2.05) is 0 Å². The fourth-order valence-electron chi connectivity index (χ4n) is 16.7. The van der Waals surface area contributed by atoms with E-state index in [0.717, 1.165) is 35.3 Å². The van der Waals surface area contributed by atoms with Gasteiger partial charge in [-0.2, -0.15) is 15.0 Å². The molecule has 12 aromatic rings. The number of halogens is 2. The van der Waals surface area contributed by atoms with Gasteiger partial charge in [0, 0.05) is 18.6 Å². The Kier molecular flexibility index (Phi) is 26.2. The van der Waals surface area contributed by atoms with Gasteiger partial charge >= 0.3 is 40.4 Å². The number of aromatic nitrogens is 21. The summed E-state index contributed by atoms with van der Waals surface area (Å²) in [5, 5.41) is 28.7. The minimum Gasteiger partial charge on any atom is -0.397 e. The molecule has 6 unspecified atom stereocenters. The van der Waals surface area contributed by atoms with Crippen molar-refractivity contribution in [2.45, 2.75) is 142 Å². The summed E-state index contributed by atoms with van der Waals surface area (Å²) >= 11 is 33.9. The second-order valence-electron chi connectivity index (χ2n) is 31.5. The summed E-state index contributed by atoms with van der Waals surface area (Å²) in [6.45, 7) is -27.8. The topological polar surface area (TPSA) is 766 Å². The molecule has 30 atom stereocenters. The SMILES string of the molecule is Nc1nc2c(ncn2[C@@H]2S[C@@H]3COP(=O)(S)O[C@H]4[C@H](F)[C@H](n5cnc6c(N)ccnc65)O[C@@H]4COP(O)(=S)O[C@@H]2[C@@H]3O)c(=O)[nH]1.Nc1nc2c(ncn2[C@@H]2S[C@@H]3COP(O)(=S)O[C@H]4[C@H](F)[C@H](n5cnc6c(N)ccnc65)O[C@@H]4COP(O)(=S)O[C@@H]2[C@@H]3O)c(=O)[nH]1.Nc1nc2c(ncn2[C@@H]2S[C@@H]3COP(O)(=S)O[C@H]4[C@H]5OC[C@]4(COP(O)(=S)O[C@@H]2[C@@H]3O)O[C@H]5n2cnc3c(N)ccnc32)c(=O)[nH]1. The van der Waals surface area contributed by atoms with E-state index in [0.29, 0.717) is 39.3 Å². The van der Waals surface area contributed by atoms with Gasteiger partial charge in [0.15, 0.2) is 81.5 Å². The number of imidazole rings is 6. The van der Waals surface area contributed by atoms with Gasteiger partial charge < -0.3 is 116 Å². The number of aromatic amines is 3. The Morgan fingerprint density at radius 2 is 0.735 bits per heavy atom. The monoisotopic (exact) mass is 2180 g/mol. The number of nitrogens with zero attached hydrogens (tertiary/aromatic N) is 18. The fraction of sp³-hybridized carbons (Fsp3) is 0.484. The third-order valence-corrected chi connectivity index (χ3v) is 36.9. The number of nitrogens with one attached hydrogen (secondary N) is 3. The summed E-state index contributed by atoms with van der Waals surface area (Å²) in [6, 6.07) is 4.69. The second-order valence-corrected chi connectivity index (χ2v) is 52.4. The number of rotatable bonds is 6. The van der Waals surface area contributed by atoms with Gasteiger partial charge in [0.2, 0.25) is 17.8 Å². The number of aliphatic hydroxyl groups is 3. The van der Waals surface area contributed by atoms with E-state index in [2.05, 4.69) is 87.0 Å². The van der Waals surface area contributed by atoms with Crippen LogP contribution < -0.4 is 51.1 Å². The first-order chi connectivity index (χ1) is 64.5. The molecule has 0 saturated carbocycles. The first-order valence-corrected chi connectivity index (χ1v) is 58.2. The lowest BCUT2D eigenvalue weighted by atomic mass is 10.0. The number of nitrogens with two attached hydrogens (primary N) is 6. The molecular weight excluding hydrogens is 2110 g/mol. The molecule has 0 radical (unpaired) electrons. The van der Waals surface area contributed by atoms with Gasteiger partial charge in [-0.1, -0.05) is 12.2 Å². The number of hydrogen-bond acceptors (Lipinski definition) is 49. The number of hydrogen-bond donors (Lipinski definition) is 18. The normalized spacial score (nSPS) is 38.4. The lowest BCUT2D eigenvalue weighted by Gasteiger charge is -2.33. The predicted molar refractivity (Wildman–Crippen MR) is 497 cm³/mol. The van der Waals surface area contributed by atoms with Crippen LogP contribution in [0.15, 0.2) is 89.1 Å². The largest absolute Gasteiger partial charge is 0.397 e. The van der Waals surface area contributed by atoms with E-state index in [1.54, 1.807) is 10.6 Å². The van der Waals surface area contributed by atoms with Crippen molar-refractivity contribution in [3.05, 3.63) is 106 Å². The zero-order valence-corrected chi connectivity index (χ0v) is 80.9. The molecule has 0 spiro atoms. The number of ether oxygens (including phenoxy) is 4. The molecule has 22 rings (SSSR count). The van der Waals surface area contributed by atoms with E-state index >= 15 is 8.78 Å². The highest BCUT2D eigenvalue weighted by Gasteiger charge is 2.66. The van der Waals surface area contributed by atoms with Crippen LogP contribution in [-0.2, 0) is 137 Å². The van der Waals surface area contributed by atoms with Crippen LogP contribution in [-0.4, -0.2) is 295 Å². The maximum absolute atomic E-state index is 16.1. The summed E-state index contributed by atoms with van der Waals surface area (Å²) in [6.07, 6.45) is -10.7. The maximum Gasteiger partial charge on any atom is 0.386 e. The molecule has 10 aliphatic rings. The average Bonchev–Trinajstić information content (AvgIpc) is 1.55. The van der Waals surface area contributed by atoms with Gasteiger partial charge in [0.1, 0.15) is 93.2 Å². The molecule has 10 fully saturated rings. The molecule has 8 bridgehead atoms. The molecule has 730 valence electrons. The van der Waals surface area contributed by atoms with Gasteiger partial charge in [-0.15, -0.1) is 35.3 Å². The van der Waals surface area contributed by atoms with Crippen LogP contribution >= 0.6 is 87.9 Å². The molecule has 136 heavy (non-hydrogen) atoms. The van der Waals surface area contributed by atoms with Crippen LogP contribution in [0.2, 0.25) is 0 Å². The molecule has 55 nitrogen and oxygen atoms in total. The standard InChI is InChI=1S/C22H25N9O10P2S3.2C21H24FN9O9P2S3/c23-8-1-2-25-16-10(8)26-6-30(16)19-14-15-22(39-19,4-36-14)5-38-43(35,45)40-13-12(32)9(3-37-42(34,44)41-15)46-20(13)31-7-27-11-17(31)28-21(24)29-18(11)33;2*22-10-14-8(38-19(10)30-5-26-11-7(23)1-2-25-16(11)30)3-36-41(34,43)40-15-13(32)9(4-37-42(35,44)39-14)45-20(15)31-6-27-12-17(31)28-21(24)29-18(12)33/h1-2,6-7,9,12-15,19-20,32H,3-5H2,(H2,23,25)(H,34,44)(H,35,45)(H3,24,28,29,33);2*1-2,5-6,8-10,13-15,19-20,32H,3-4H2,(H2,23,25)(H,34,43)(H,35,44)(H3,24,28,29,33)/t9-,12-,13-,14-,15+,19-,20-,22-,42?,43?;2*8-,9-,10+,13-,14-,15-,19-,20-,41?,42?/m111/s1. The minimum atomic E-state index is -4.32. The fourth-order valence-corrected chi connectivity index (χ4v) is 30.4. The van der Waals surface area contributed by atoms with Gasteiger partial charge in [-0.25, -0.2) is 58.2 Å². The smallest absolute Gasteiger partial charge is 0.386 e. The molecule has 0 aliphatic carbocycles. The molecule has 12 aromatic heterocycles. The zero-order chi connectivity index (χ0) is 95.8. The van der Waals surface area contributed by atoms with Gasteiger partial charge in [-0.05, 0) is 77.2 Å². The Labute approximate surface area is 800 Å². The Bertz CT molecular complexity index is 6980. The van der Waals surface area contributed by atoms with Crippen LogP contribution in [0.5, 0.6) is 0 Å². The van der Waals surface area contributed by atoms with Crippen LogP contribution in [0.25, 0.3) is 67.0 Å². The Hall–Kier alpha value is -6.51. The van der Waals surface area contributed by atoms with E-state index < -0.39 is 225 Å². The summed E-state index contributed by atoms with van der Waals surface area (Å²) in [5.41, 5.74) is 35.2. The van der Waals surface area contributed by atoms with E-state index in [9.17, 15) is 58.7 Å². The Morgan fingerprint density at radius 3 is 1.12 bits per heavy atom. The van der Waals surface area contributed by atoms with Crippen molar-refractivity contribution in [1.82, 2.24) is 102 Å².